The summed E-state index contributed by atoms with van der Waals surface area (Å²) in [6.45, 7) is 0. The molecule has 1 N–H and O–H groups in total. The molecule has 1 saturated heterocycles. The summed E-state index contributed by atoms with van der Waals surface area (Å²) in [4.78, 5) is 40.1. The molecule has 1 heterocycles. The Morgan fingerprint density at radius 1 is 0.867 bits per heavy atom. The van der Waals surface area contributed by atoms with Gasteiger partial charge < -0.3 is 5.32 Å². The molecule has 2 aromatic carbocycles. The van der Waals surface area contributed by atoms with Crippen LogP contribution in [0.15, 0.2) is 60.7 Å². The molecule has 0 unspecified atom stereocenters. The standard InChI is InChI=1S/C24H19FN2O3/c25-13-3-5-14(6-4-13)26-22(28)12-1-7-15(8-2-12)27-23(29)20-16-9-10-17(19-11-18(16)19)21(20)24(27)30/h1-10,16-21H,11H2,(H,26,28)/t16-,17+,18-,19-,20+,21-/m1/s1. The van der Waals surface area contributed by atoms with Crippen LogP contribution in [-0.2, 0) is 9.59 Å². The number of hydrogen-bond donors (Lipinski definition) is 1. The summed E-state index contributed by atoms with van der Waals surface area (Å²) < 4.78 is 13.0. The van der Waals surface area contributed by atoms with Gasteiger partial charge in [-0.1, -0.05) is 12.2 Å². The fourth-order valence-electron chi connectivity index (χ4n) is 5.71. The number of carbonyl (C=O) groups is 3. The predicted molar refractivity (Wildman–Crippen MR) is 108 cm³/mol. The molecule has 2 aromatic rings. The quantitative estimate of drug-likeness (QED) is 0.630. The molecule has 3 fully saturated rings. The van der Waals surface area contributed by atoms with Crippen molar-refractivity contribution in [2.75, 3.05) is 10.2 Å². The summed E-state index contributed by atoms with van der Waals surface area (Å²) in [5, 5.41) is 2.70. The molecule has 6 heteroatoms. The topological polar surface area (TPSA) is 66.5 Å². The Balaban J connectivity index is 1.23. The van der Waals surface area contributed by atoms with Crippen LogP contribution in [0.4, 0.5) is 15.8 Å². The van der Waals surface area contributed by atoms with Gasteiger partial charge in [0.05, 0.1) is 17.5 Å². The Morgan fingerprint density at radius 3 is 2.00 bits per heavy atom. The summed E-state index contributed by atoms with van der Waals surface area (Å²) in [5.41, 5.74) is 1.38. The second-order valence-electron chi connectivity index (χ2n) is 8.67. The molecular formula is C24H19FN2O3. The summed E-state index contributed by atoms with van der Waals surface area (Å²) in [6, 6.07) is 12.0. The molecule has 6 atom stereocenters. The van der Waals surface area contributed by atoms with E-state index < -0.39 is 0 Å². The van der Waals surface area contributed by atoms with Crippen molar-refractivity contribution in [3.05, 3.63) is 72.1 Å². The number of rotatable bonds is 3. The zero-order chi connectivity index (χ0) is 20.6. The molecule has 5 aliphatic rings. The number of nitrogens with zero attached hydrogens (tertiary/aromatic N) is 1. The highest BCUT2D eigenvalue weighted by Crippen LogP contribution is 2.65. The van der Waals surface area contributed by atoms with E-state index in [0.29, 0.717) is 28.8 Å². The highest BCUT2D eigenvalue weighted by Gasteiger charge is 2.67. The van der Waals surface area contributed by atoms with Gasteiger partial charge in [0, 0.05) is 11.3 Å². The van der Waals surface area contributed by atoms with Crippen LogP contribution in [0.2, 0.25) is 0 Å². The summed E-state index contributed by atoms with van der Waals surface area (Å²) >= 11 is 0. The third-order valence-corrected chi connectivity index (χ3v) is 7.15. The van der Waals surface area contributed by atoms with E-state index in [-0.39, 0.29) is 47.2 Å². The second-order valence-corrected chi connectivity index (χ2v) is 8.67. The van der Waals surface area contributed by atoms with Crippen molar-refractivity contribution in [3.8, 4) is 0 Å². The lowest BCUT2D eigenvalue weighted by atomic mass is 9.63. The summed E-state index contributed by atoms with van der Waals surface area (Å²) in [6.07, 6.45) is 5.43. The van der Waals surface area contributed by atoms with Gasteiger partial charge in [-0.3, -0.25) is 19.3 Å². The van der Waals surface area contributed by atoms with Crippen molar-refractivity contribution >= 4 is 29.1 Å². The number of allylic oxidation sites excluding steroid dienone is 2. The minimum Gasteiger partial charge on any atom is -0.322 e. The monoisotopic (exact) mass is 402 g/mol. The zero-order valence-electron chi connectivity index (χ0n) is 16.0. The fraction of sp³-hybridized carbons (Fsp3) is 0.292. The molecule has 5 nitrogen and oxygen atoms in total. The number of halogens is 1. The normalized spacial score (nSPS) is 32.8. The fourth-order valence-corrected chi connectivity index (χ4v) is 5.71. The van der Waals surface area contributed by atoms with E-state index in [1.165, 1.54) is 29.2 Å². The van der Waals surface area contributed by atoms with Crippen molar-refractivity contribution in [2.24, 2.45) is 35.5 Å². The minimum atomic E-state index is -0.376. The van der Waals surface area contributed by atoms with E-state index in [9.17, 15) is 18.8 Å². The van der Waals surface area contributed by atoms with Crippen LogP contribution in [-0.4, -0.2) is 17.7 Å². The average molecular weight is 402 g/mol. The molecule has 0 aromatic heterocycles. The molecule has 2 bridgehead atoms. The zero-order valence-corrected chi connectivity index (χ0v) is 16.0. The smallest absolute Gasteiger partial charge is 0.255 e. The molecule has 150 valence electrons. The molecule has 4 aliphatic carbocycles. The van der Waals surface area contributed by atoms with Crippen LogP contribution in [0.25, 0.3) is 0 Å². The first-order chi connectivity index (χ1) is 14.5. The van der Waals surface area contributed by atoms with Crippen LogP contribution in [0, 0.1) is 41.3 Å². The van der Waals surface area contributed by atoms with Crippen LogP contribution in [0.1, 0.15) is 16.8 Å². The Labute approximate surface area is 172 Å². The van der Waals surface area contributed by atoms with Gasteiger partial charge in [-0.25, -0.2) is 4.39 Å². The third-order valence-electron chi connectivity index (χ3n) is 7.15. The van der Waals surface area contributed by atoms with E-state index in [2.05, 4.69) is 17.5 Å². The van der Waals surface area contributed by atoms with Gasteiger partial charge >= 0.3 is 0 Å². The Bertz CT molecular complexity index is 1070. The first kappa shape index (κ1) is 17.6. The van der Waals surface area contributed by atoms with Crippen LogP contribution < -0.4 is 10.2 Å². The molecular weight excluding hydrogens is 383 g/mol. The Kier molecular flexibility index (Phi) is 3.58. The maximum atomic E-state index is 13.2. The molecule has 0 spiro atoms. The van der Waals surface area contributed by atoms with Crippen molar-refractivity contribution in [1.82, 2.24) is 0 Å². The van der Waals surface area contributed by atoms with E-state index in [0.717, 1.165) is 6.42 Å². The van der Waals surface area contributed by atoms with Gasteiger partial charge in [0.15, 0.2) is 0 Å². The van der Waals surface area contributed by atoms with E-state index in [4.69, 9.17) is 0 Å². The largest absolute Gasteiger partial charge is 0.322 e. The van der Waals surface area contributed by atoms with Gasteiger partial charge in [-0.05, 0) is 78.6 Å². The number of imide groups is 1. The maximum Gasteiger partial charge on any atom is 0.255 e. The van der Waals surface area contributed by atoms with E-state index in [1.807, 2.05) is 0 Å². The first-order valence-electron chi connectivity index (χ1n) is 10.3. The number of carbonyl (C=O) groups excluding carboxylic acids is 3. The lowest BCUT2D eigenvalue weighted by Crippen LogP contribution is -2.40. The van der Waals surface area contributed by atoms with Crippen molar-refractivity contribution < 1.29 is 18.8 Å². The number of hydrogen-bond acceptors (Lipinski definition) is 3. The van der Waals surface area contributed by atoms with Gasteiger partial charge in [-0.2, -0.15) is 0 Å². The van der Waals surface area contributed by atoms with Crippen LogP contribution >= 0.6 is 0 Å². The van der Waals surface area contributed by atoms with Crippen molar-refractivity contribution in [2.45, 2.75) is 6.42 Å². The number of anilines is 2. The molecule has 3 amide bonds. The lowest BCUT2D eigenvalue weighted by molar-refractivity contribution is -0.124. The first-order valence-corrected chi connectivity index (χ1v) is 10.3. The van der Waals surface area contributed by atoms with E-state index >= 15 is 0 Å². The highest BCUT2D eigenvalue weighted by molar-refractivity contribution is 6.22. The van der Waals surface area contributed by atoms with Crippen molar-refractivity contribution in [1.29, 1.82) is 0 Å². The Hall–Kier alpha value is -3.28. The van der Waals surface area contributed by atoms with Gasteiger partial charge in [-0.15, -0.1) is 0 Å². The molecule has 30 heavy (non-hydrogen) atoms. The molecule has 0 radical (unpaired) electrons. The highest BCUT2D eigenvalue weighted by atomic mass is 19.1. The Morgan fingerprint density at radius 2 is 1.43 bits per heavy atom. The van der Waals surface area contributed by atoms with Crippen molar-refractivity contribution in [3.63, 3.8) is 0 Å². The van der Waals surface area contributed by atoms with Crippen LogP contribution in [0.5, 0.6) is 0 Å². The molecule has 7 rings (SSSR count). The average Bonchev–Trinajstić information content (AvgIpc) is 3.53. The van der Waals surface area contributed by atoms with Gasteiger partial charge in [0.25, 0.3) is 5.91 Å². The number of amides is 3. The summed E-state index contributed by atoms with van der Waals surface area (Å²) in [7, 11) is 0. The lowest BCUT2D eigenvalue weighted by Gasteiger charge is -2.37. The molecule has 1 aliphatic heterocycles. The third kappa shape index (κ3) is 2.43. The van der Waals surface area contributed by atoms with E-state index in [1.54, 1.807) is 24.3 Å². The number of nitrogens with one attached hydrogen (secondary N) is 1. The second kappa shape index (κ2) is 6.11. The summed E-state index contributed by atoms with van der Waals surface area (Å²) in [5.74, 6) is 0.0826. The molecule has 2 saturated carbocycles. The van der Waals surface area contributed by atoms with Gasteiger partial charge in [0.2, 0.25) is 11.8 Å². The minimum absolute atomic E-state index is 0.113. The number of benzene rings is 2. The maximum absolute atomic E-state index is 13.2. The van der Waals surface area contributed by atoms with Crippen LogP contribution in [0.3, 0.4) is 0 Å². The SMILES string of the molecule is O=C(Nc1ccc(F)cc1)c1ccc(N2C(=O)[C@@H]3[C@H]4C=C[C@H]([C@H]5C[C@H]45)[C@@H]3C2=O)cc1. The van der Waals surface area contributed by atoms with Gasteiger partial charge in [0.1, 0.15) is 5.82 Å². The predicted octanol–water partition coefficient (Wildman–Crippen LogP) is 3.64.